The number of halogens is 3. The molecule has 5 heteroatoms. The summed E-state index contributed by atoms with van der Waals surface area (Å²) in [6, 6.07) is 9.86. The fourth-order valence-electron chi connectivity index (χ4n) is 1.27. The molecule has 1 aromatic carbocycles. The first-order valence-electron chi connectivity index (χ1n) is 4.84. The number of benzene rings is 1. The molecule has 0 N–H and O–H groups in total. The Morgan fingerprint density at radius 2 is 1.82 bits per heavy atom. The van der Waals surface area contributed by atoms with Crippen LogP contribution in [0.4, 0.5) is 0 Å². The summed E-state index contributed by atoms with van der Waals surface area (Å²) in [5, 5.41) is 0. The fraction of sp³-hybridized carbons (Fsp3) is 0.0833. The van der Waals surface area contributed by atoms with Crippen molar-refractivity contribution in [2.24, 2.45) is 0 Å². The maximum absolute atomic E-state index is 5.65. The quantitative estimate of drug-likeness (QED) is 0.699. The van der Waals surface area contributed by atoms with Crippen molar-refractivity contribution >= 4 is 47.8 Å². The Morgan fingerprint density at radius 1 is 1.06 bits per heavy atom. The van der Waals surface area contributed by atoms with Crippen LogP contribution in [0, 0.1) is 0 Å². The van der Waals surface area contributed by atoms with E-state index in [0.29, 0.717) is 12.5 Å². The fourth-order valence-corrected chi connectivity index (χ4v) is 2.77. The molecule has 0 radical (unpaired) electrons. The minimum absolute atomic E-state index is 0.481. The smallest absolute Gasteiger partial charge is 0.228 e. The van der Waals surface area contributed by atoms with Crippen molar-refractivity contribution in [3.8, 4) is 5.88 Å². The molecular weight excluding hydrogens is 414 g/mol. The SMILES string of the molecule is Brc1cnc(OCc2ccccc2Br)c(Br)c1. The van der Waals surface area contributed by atoms with Crippen LogP contribution in [0.5, 0.6) is 5.88 Å². The molecule has 2 rings (SSSR count). The number of ether oxygens (including phenoxy) is 1. The molecule has 17 heavy (non-hydrogen) atoms. The van der Waals surface area contributed by atoms with E-state index in [0.717, 1.165) is 19.0 Å². The van der Waals surface area contributed by atoms with E-state index < -0.39 is 0 Å². The normalized spacial score (nSPS) is 10.3. The van der Waals surface area contributed by atoms with E-state index in [4.69, 9.17) is 4.74 Å². The first kappa shape index (κ1) is 13.1. The molecule has 0 aliphatic rings. The van der Waals surface area contributed by atoms with Gasteiger partial charge in [0.15, 0.2) is 0 Å². The molecular formula is C12H8Br3NO. The van der Waals surface area contributed by atoms with Crippen LogP contribution in [0.3, 0.4) is 0 Å². The molecule has 1 aromatic heterocycles. The Hall–Kier alpha value is -0.390. The summed E-state index contributed by atoms with van der Waals surface area (Å²) < 4.78 is 8.43. The molecule has 2 nitrogen and oxygen atoms in total. The lowest BCUT2D eigenvalue weighted by Gasteiger charge is -2.08. The van der Waals surface area contributed by atoms with Crippen LogP contribution in [0.25, 0.3) is 0 Å². The van der Waals surface area contributed by atoms with E-state index in [-0.39, 0.29) is 0 Å². The first-order valence-corrected chi connectivity index (χ1v) is 7.22. The van der Waals surface area contributed by atoms with Gasteiger partial charge in [0, 0.05) is 20.7 Å². The van der Waals surface area contributed by atoms with Gasteiger partial charge < -0.3 is 4.74 Å². The van der Waals surface area contributed by atoms with Crippen LogP contribution in [-0.2, 0) is 6.61 Å². The average Bonchev–Trinajstić information content (AvgIpc) is 2.30. The third-order valence-corrected chi connectivity index (χ3v) is 3.87. The third-order valence-electron chi connectivity index (χ3n) is 2.10. The van der Waals surface area contributed by atoms with Gasteiger partial charge in [0.25, 0.3) is 0 Å². The van der Waals surface area contributed by atoms with Crippen molar-refractivity contribution in [3.63, 3.8) is 0 Å². The second kappa shape index (κ2) is 5.98. The zero-order chi connectivity index (χ0) is 12.3. The molecule has 0 aliphatic heterocycles. The molecule has 2 aromatic rings. The molecule has 1 heterocycles. The van der Waals surface area contributed by atoms with Gasteiger partial charge in [0.1, 0.15) is 6.61 Å². The van der Waals surface area contributed by atoms with Gasteiger partial charge in [-0.1, -0.05) is 34.1 Å². The third kappa shape index (κ3) is 3.53. The molecule has 88 valence electrons. The van der Waals surface area contributed by atoms with Gasteiger partial charge >= 0.3 is 0 Å². The summed E-state index contributed by atoms with van der Waals surface area (Å²) >= 11 is 10.2. The number of nitrogens with zero attached hydrogens (tertiary/aromatic N) is 1. The second-order valence-electron chi connectivity index (χ2n) is 3.32. The average molecular weight is 422 g/mol. The highest BCUT2D eigenvalue weighted by Gasteiger charge is 2.05. The van der Waals surface area contributed by atoms with Crippen molar-refractivity contribution in [1.82, 2.24) is 4.98 Å². The van der Waals surface area contributed by atoms with E-state index in [1.807, 2.05) is 30.3 Å². The van der Waals surface area contributed by atoms with E-state index in [1.54, 1.807) is 6.20 Å². The van der Waals surface area contributed by atoms with Gasteiger partial charge in [-0.15, -0.1) is 0 Å². The topological polar surface area (TPSA) is 22.1 Å². The minimum atomic E-state index is 0.481. The van der Waals surface area contributed by atoms with Gasteiger partial charge in [-0.25, -0.2) is 4.98 Å². The molecule has 0 spiro atoms. The number of hydrogen-bond donors (Lipinski definition) is 0. The minimum Gasteiger partial charge on any atom is -0.472 e. The number of aromatic nitrogens is 1. The zero-order valence-electron chi connectivity index (χ0n) is 8.66. The summed E-state index contributed by atoms with van der Waals surface area (Å²) in [5.41, 5.74) is 1.09. The van der Waals surface area contributed by atoms with Crippen molar-refractivity contribution in [1.29, 1.82) is 0 Å². The number of hydrogen-bond acceptors (Lipinski definition) is 2. The lowest BCUT2D eigenvalue weighted by atomic mass is 10.2. The lowest BCUT2D eigenvalue weighted by molar-refractivity contribution is 0.291. The van der Waals surface area contributed by atoms with Gasteiger partial charge in [-0.2, -0.15) is 0 Å². The van der Waals surface area contributed by atoms with Gasteiger partial charge in [0.2, 0.25) is 5.88 Å². The first-order chi connectivity index (χ1) is 8.16. The Balaban J connectivity index is 2.10. The highest BCUT2D eigenvalue weighted by atomic mass is 79.9. The highest BCUT2D eigenvalue weighted by molar-refractivity contribution is 9.11. The summed E-state index contributed by atoms with van der Waals surface area (Å²) in [5.74, 6) is 0.587. The number of rotatable bonds is 3. The lowest BCUT2D eigenvalue weighted by Crippen LogP contribution is -1.98. The zero-order valence-corrected chi connectivity index (χ0v) is 13.4. The Morgan fingerprint density at radius 3 is 2.53 bits per heavy atom. The molecule has 0 saturated heterocycles. The predicted molar refractivity (Wildman–Crippen MR) is 78.1 cm³/mol. The molecule has 0 amide bonds. The van der Waals surface area contributed by atoms with E-state index in [1.165, 1.54) is 0 Å². The highest BCUT2D eigenvalue weighted by Crippen LogP contribution is 2.26. The Kier molecular flexibility index (Phi) is 4.59. The van der Waals surface area contributed by atoms with E-state index in [2.05, 4.69) is 52.8 Å². The van der Waals surface area contributed by atoms with Gasteiger partial charge in [-0.05, 0) is 44.0 Å². The van der Waals surface area contributed by atoms with Crippen LogP contribution in [0.2, 0.25) is 0 Å². The van der Waals surface area contributed by atoms with Crippen molar-refractivity contribution in [2.75, 3.05) is 0 Å². The van der Waals surface area contributed by atoms with Gasteiger partial charge in [-0.3, -0.25) is 0 Å². The maximum atomic E-state index is 5.65. The van der Waals surface area contributed by atoms with Crippen molar-refractivity contribution < 1.29 is 4.74 Å². The van der Waals surface area contributed by atoms with Crippen LogP contribution >= 0.6 is 47.8 Å². The van der Waals surface area contributed by atoms with Crippen LogP contribution in [0.15, 0.2) is 49.9 Å². The molecule has 0 atom stereocenters. The summed E-state index contributed by atoms with van der Waals surface area (Å²) in [7, 11) is 0. The number of pyridine rings is 1. The van der Waals surface area contributed by atoms with Crippen molar-refractivity contribution in [2.45, 2.75) is 6.61 Å². The van der Waals surface area contributed by atoms with E-state index in [9.17, 15) is 0 Å². The van der Waals surface area contributed by atoms with Crippen molar-refractivity contribution in [3.05, 3.63) is 55.5 Å². The van der Waals surface area contributed by atoms with E-state index >= 15 is 0 Å². The largest absolute Gasteiger partial charge is 0.472 e. The second-order valence-corrected chi connectivity index (χ2v) is 5.94. The molecule has 0 bridgehead atoms. The van der Waals surface area contributed by atoms with Crippen LogP contribution < -0.4 is 4.74 Å². The van der Waals surface area contributed by atoms with Crippen LogP contribution in [0.1, 0.15) is 5.56 Å². The Bertz CT molecular complexity index is 531. The monoisotopic (exact) mass is 419 g/mol. The summed E-state index contributed by atoms with van der Waals surface area (Å²) in [4.78, 5) is 4.19. The summed E-state index contributed by atoms with van der Waals surface area (Å²) in [6.45, 7) is 0.481. The molecule has 0 saturated carbocycles. The van der Waals surface area contributed by atoms with Gasteiger partial charge in [0.05, 0.1) is 4.47 Å². The standard InChI is InChI=1S/C12H8Br3NO/c13-9-5-11(15)12(16-6-9)17-7-8-3-1-2-4-10(8)14/h1-6H,7H2. The van der Waals surface area contributed by atoms with Crippen LogP contribution in [-0.4, -0.2) is 4.98 Å². The Labute approximate surface area is 125 Å². The molecule has 0 unspecified atom stereocenters. The summed E-state index contributed by atoms with van der Waals surface area (Å²) in [6.07, 6.45) is 1.71. The molecule has 0 fully saturated rings. The maximum Gasteiger partial charge on any atom is 0.228 e. The molecule has 0 aliphatic carbocycles. The predicted octanol–water partition coefficient (Wildman–Crippen LogP) is 4.95.